The molecule has 0 atom stereocenters. The van der Waals surface area contributed by atoms with Gasteiger partial charge in [-0.1, -0.05) is 0 Å². The van der Waals surface area contributed by atoms with Gasteiger partial charge in [-0.2, -0.15) is 4.31 Å². The first kappa shape index (κ1) is 12.9. The molecular weight excluding hydrogens is 256 g/mol. The molecule has 0 spiro atoms. The fourth-order valence-corrected chi connectivity index (χ4v) is 3.03. The van der Waals surface area contributed by atoms with Gasteiger partial charge in [-0.3, -0.25) is 0 Å². The molecule has 1 heterocycles. The molecule has 7 heteroatoms. The lowest BCUT2D eigenvalue weighted by Gasteiger charge is -2.15. The number of halogens is 1. The first-order chi connectivity index (χ1) is 7.06. The van der Waals surface area contributed by atoms with E-state index in [1.807, 2.05) is 5.38 Å². The zero-order chi connectivity index (χ0) is 11.3. The monoisotopic (exact) mass is 268 g/mol. The molecule has 0 aromatic carbocycles. The summed E-state index contributed by atoms with van der Waals surface area (Å²) in [5, 5.41) is 1.84. The summed E-state index contributed by atoms with van der Waals surface area (Å²) in [4.78, 5) is 4.04. The summed E-state index contributed by atoms with van der Waals surface area (Å²) in [7, 11) is -1.63. The fraction of sp³-hybridized carbons (Fsp3) is 0.625. The van der Waals surface area contributed by atoms with Gasteiger partial charge in [0.2, 0.25) is 10.0 Å². The van der Waals surface area contributed by atoms with Gasteiger partial charge >= 0.3 is 0 Å². The van der Waals surface area contributed by atoms with Crippen molar-refractivity contribution in [3.8, 4) is 0 Å². The van der Waals surface area contributed by atoms with Crippen LogP contribution >= 0.6 is 22.9 Å². The Labute approximate surface area is 98.9 Å². The molecule has 0 amide bonds. The molecule has 4 nitrogen and oxygen atoms in total. The van der Waals surface area contributed by atoms with E-state index in [1.54, 1.807) is 12.6 Å². The van der Waals surface area contributed by atoms with Crippen LogP contribution in [0.5, 0.6) is 0 Å². The number of thiazole rings is 1. The van der Waals surface area contributed by atoms with Crippen LogP contribution in [-0.4, -0.2) is 36.4 Å². The zero-order valence-electron chi connectivity index (χ0n) is 8.39. The molecule has 1 aromatic heterocycles. The van der Waals surface area contributed by atoms with Gasteiger partial charge in [0.25, 0.3) is 0 Å². The molecule has 0 N–H and O–H groups in total. The van der Waals surface area contributed by atoms with Crippen molar-refractivity contribution in [2.75, 3.05) is 18.7 Å². The average molecular weight is 269 g/mol. The second kappa shape index (κ2) is 5.79. The van der Waals surface area contributed by atoms with Crippen LogP contribution in [0.1, 0.15) is 12.1 Å². The third-order valence-electron chi connectivity index (χ3n) is 1.88. The molecule has 0 saturated heterocycles. The normalized spacial score (nSPS) is 12.2. The molecule has 0 bridgehead atoms. The van der Waals surface area contributed by atoms with Crippen LogP contribution in [0.2, 0.25) is 0 Å². The van der Waals surface area contributed by atoms with Crippen LogP contribution in [0, 0.1) is 0 Å². The quantitative estimate of drug-likeness (QED) is 0.736. The van der Waals surface area contributed by atoms with Crippen LogP contribution < -0.4 is 0 Å². The molecular formula is C8H13ClN2O2S2. The Morgan fingerprint density at radius 1 is 1.60 bits per heavy atom. The molecule has 0 unspecified atom stereocenters. The van der Waals surface area contributed by atoms with Crippen molar-refractivity contribution in [1.82, 2.24) is 9.29 Å². The van der Waals surface area contributed by atoms with Crippen molar-refractivity contribution in [2.45, 2.75) is 13.0 Å². The van der Waals surface area contributed by atoms with Crippen LogP contribution in [0.25, 0.3) is 0 Å². The molecule has 0 fully saturated rings. The number of hydrogen-bond donors (Lipinski definition) is 0. The average Bonchev–Trinajstić information content (AvgIpc) is 2.67. The topological polar surface area (TPSA) is 50.3 Å². The lowest BCUT2D eigenvalue weighted by molar-refractivity contribution is 0.462. The summed E-state index contributed by atoms with van der Waals surface area (Å²) in [5.74, 6) is 0.459. The van der Waals surface area contributed by atoms with Crippen molar-refractivity contribution in [3.05, 3.63) is 16.6 Å². The van der Waals surface area contributed by atoms with E-state index in [0.717, 1.165) is 5.69 Å². The summed E-state index contributed by atoms with van der Waals surface area (Å²) in [6.07, 6.45) is 0.477. The fourth-order valence-electron chi connectivity index (χ4n) is 1.03. The van der Waals surface area contributed by atoms with Gasteiger partial charge < -0.3 is 0 Å². The Kier molecular flexibility index (Phi) is 4.98. The van der Waals surface area contributed by atoms with Crippen molar-refractivity contribution in [1.29, 1.82) is 0 Å². The number of rotatable bonds is 6. The highest BCUT2D eigenvalue weighted by Gasteiger charge is 2.17. The molecule has 86 valence electrons. The lowest BCUT2D eigenvalue weighted by Crippen LogP contribution is -2.29. The van der Waals surface area contributed by atoms with E-state index >= 15 is 0 Å². The lowest BCUT2D eigenvalue weighted by atomic mass is 10.5. The maximum Gasteiger partial charge on any atom is 0.214 e. The second-order valence-electron chi connectivity index (χ2n) is 3.09. The predicted octanol–water partition coefficient (Wildman–Crippen LogP) is 1.53. The zero-order valence-corrected chi connectivity index (χ0v) is 10.8. The molecule has 0 radical (unpaired) electrons. The van der Waals surface area contributed by atoms with Gasteiger partial charge in [-0.05, 0) is 6.42 Å². The van der Waals surface area contributed by atoms with Crippen LogP contribution in [-0.2, 0) is 16.6 Å². The number of hydrogen-bond acceptors (Lipinski definition) is 4. The highest BCUT2D eigenvalue weighted by atomic mass is 35.5. The Balaban J connectivity index is 2.56. The highest BCUT2D eigenvalue weighted by molar-refractivity contribution is 7.89. The first-order valence-electron chi connectivity index (χ1n) is 4.43. The number of nitrogens with zero attached hydrogens (tertiary/aromatic N) is 2. The Morgan fingerprint density at radius 3 is 2.87 bits per heavy atom. The van der Waals surface area contributed by atoms with Gasteiger partial charge in [0.1, 0.15) is 0 Å². The van der Waals surface area contributed by atoms with Crippen molar-refractivity contribution in [2.24, 2.45) is 0 Å². The standard InChI is InChI=1S/C8H13ClN2O2S2/c1-11(5-8-6-14-7-10-8)15(12,13)4-2-3-9/h6-7H,2-5H2,1H3. The largest absolute Gasteiger partial charge is 0.248 e. The highest BCUT2D eigenvalue weighted by Crippen LogP contribution is 2.08. The van der Waals surface area contributed by atoms with E-state index in [4.69, 9.17) is 11.6 Å². The summed E-state index contributed by atoms with van der Waals surface area (Å²) in [6, 6.07) is 0. The van der Waals surface area contributed by atoms with E-state index in [1.165, 1.54) is 15.6 Å². The minimum atomic E-state index is -3.18. The molecule has 0 aliphatic heterocycles. The predicted molar refractivity (Wildman–Crippen MR) is 62.7 cm³/mol. The smallest absolute Gasteiger partial charge is 0.214 e. The third-order valence-corrected chi connectivity index (χ3v) is 4.66. The Morgan fingerprint density at radius 2 is 2.33 bits per heavy atom. The van der Waals surface area contributed by atoms with Gasteiger partial charge in [-0.25, -0.2) is 13.4 Å². The maximum atomic E-state index is 11.7. The van der Waals surface area contributed by atoms with Crippen LogP contribution in [0.15, 0.2) is 10.9 Å². The number of sulfonamides is 1. The minimum Gasteiger partial charge on any atom is -0.248 e. The van der Waals surface area contributed by atoms with E-state index in [9.17, 15) is 8.42 Å². The van der Waals surface area contributed by atoms with Crippen molar-refractivity contribution < 1.29 is 8.42 Å². The molecule has 0 saturated carbocycles. The molecule has 1 aromatic rings. The van der Waals surface area contributed by atoms with E-state index < -0.39 is 10.0 Å². The summed E-state index contributed by atoms with van der Waals surface area (Å²) >= 11 is 6.92. The van der Waals surface area contributed by atoms with Crippen molar-refractivity contribution in [3.63, 3.8) is 0 Å². The first-order valence-corrected chi connectivity index (χ1v) is 7.52. The Hall–Kier alpha value is -0.170. The number of alkyl halides is 1. The van der Waals surface area contributed by atoms with E-state index in [-0.39, 0.29) is 5.75 Å². The molecule has 0 aliphatic carbocycles. The Bertz CT molecular complexity index is 377. The molecule has 0 aliphatic rings. The van der Waals surface area contributed by atoms with Crippen LogP contribution in [0.4, 0.5) is 0 Å². The summed E-state index contributed by atoms with van der Waals surface area (Å²) in [5.41, 5.74) is 2.46. The minimum absolute atomic E-state index is 0.0944. The second-order valence-corrected chi connectivity index (χ2v) is 6.39. The number of aromatic nitrogens is 1. The van der Waals surface area contributed by atoms with Gasteiger partial charge in [-0.15, -0.1) is 22.9 Å². The summed E-state index contributed by atoms with van der Waals surface area (Å²) < 4.78 is 24.6. The van der Waals surface area contributed by atoms with E-state index in [2.05, 4.69) is 4.98 Å². The SMILES string of the molecule is CN(Cc1cscn1)S(=O)(=O)CCCCl. The van der Waals surface area contributed by atoms with Gasteiger partial charge in [0.05, 0.1) is 23.5 Å². The van der Waals surface area contributed by atoms with Gasteiger partial charge in [0.15, 0.2) is 0 Å². The van der Waals surface area contributed by atoms with Crippen molar-refractivity contribution >= 4 is 33.0 Å². The maximum absolute atomic E-state index is 11.7. The van der Waals surface area contributed by atoms with E-state index in [0.29, 0.717) is 18.8 Å². The summed E-state index contributed by atoms with van der Waals surface area (Å²) in [6.45, 7) is 0.327. The van der Waals surface area contributed by atoms with Gasteiger partial charge in [0, 0.05) is 18.3 Å². The third kappa shape index (κ3) is 4.06. The molecule has 1 rings (SSSR count). The van der Waals surface area contributed by atoms with Crippen LogP contribution in [0.3, 0.4) is 0 Å². The molecule has 15 heavy (non-hydrogen) atoms.